The van der Waals surface area contributed by atoms with E-state index in [0.29, 0.717) is 17.2 Å². The van der Waals surface area contributed by atoms with Crippen molar-refractivity contribution >= 4 is 29.1 Å². The molecule has 38 heavy (non-hydrogen) atoms. The molecule has 0 saturated heterocycles. The van der Waals surface area contributed by atoms with Crippen LogP contribution < -0.4 is 30.0 Å². The van der Waals surface area contributed by atoms with Crippen LogP contribution in [0.15, 0.2) is 72.8 Å². The van der Waals surface area contributed by atoms with Crippen LogP contribution in [0.5, 0.6) is 17.2 Å². The lowest BCUT2D eigenvalue weighted by atomic mass is 9.84. The maximum Gasteiger partial charge on any atom is 0.269 e. The van der Waals surface area contributed by atoms with E-state index < -0.39 is 17.2 Å². The fourth-order valence-electron chi connectivity index (χ4n) is 4.03. The molecule has 3 aromatic carbocycles. The second-order valence-electron chi connectivity index (χ2n) is 9.33. The second-order valence-corrected chi connectivity index (χ2v) is 9.33. The first kappa shape index (κ1) is 28.0. The summed E-state index contributed by atoms with van der Waals surface area (Å²) in [4.78, 5) is 40.5. The van der Waals surface area contributed by atoms with E-state index in [0.717, 1.165) is 11.4 Å². The number of benzene rings is 3. The predicted octanol–water partition coefficient (Wildman–Crippen LogP) is 4.64. The third-order valence-electron chi connectivity index (χ3n) is 5.79. The van der Waals surface area contributed by atoms with Gasteiger partial charge in [-0.1, -0.05) is 50.2 Å². The molecule has 3 rings (SSSR count). The fourth-order valence-corrected chi connectivity index (χ4v) is 4.03. The molecule has 0 spiro atoms. The van der Waals surface area contributed by atoms with Gasteiger partial charge < -0.3 is 14.2 Å². The van der Waals surface area contributed by atoms with Gasteiger partial charge in [-0.15, -0.1) is 0 Å². The molecule has 200 valence electrons. The molecule has 0 aromatic heterocycles. The summed E-state index contributed by atoms with van der Waals surface area (Å²) >= 11 is 0. The zero-order valence-electron chi connectivity index (χ0n) is 22.2. The van der Waals surface area contributed by atoms with E-state index in [-0.39, 0.29) is 24.3 Å². The number of carbonyl (C=O) groups is 3. The Balaban J connectivity index is 1.65. The number of carbonyl (C=O) groups excluding carboxylic acids is 3. The largest absolute Gasteiger partial charge is 0.493 e. The predicted molar refractivity (Wildman–Crippen MR) is 145 cm³/mol. The molecule has 0 heterocycles. The quantitative estimate of drug-likeness (QED) is 0.378. The number of ether oxygens (including phenoxy) is 3. The first-order valence-electron chi connectivity index (χ1n) is 12.0. The van der Waals surface area contributed by atoms with Crippen molar-refractivity contribution in [3.05, 3.63) is 78.4 Å². The molecule has 0 radical (unpaired) electrons. The molecule has 0 saturated carbocycles. The molecule has 3 aromatic rings. The Hall–Kier alpha value is -4.53. The smallest absolute Gasteiger partial charge is 0.269 e. The highest BCUT2D eigenvalue weighted by Gasteiger charge is 2.29. The standard InChI is InChI=1S/C29H33N3O6/c1-29(2,19-26(34)32(21-12-8-6-9-13-21)22-14-10-7-11-15-22)18-25(33)30-31-28(35)20-16-23(36-3)27(38-5)24(17-20)37-4/h6-17H,18-19H2,1-5H3,(H,30,33)(H,31,35). The van der Waals surface area contributed by atoms with Crippen molar-refractivity contribution in [2.24, 2.45) is 5.41 Å². The van der Waals surface area contributed by atoms with Gasteiger partial charge in [0.1, 0.15) is 0 Å². The van der Waals surface area contributed by atoms with Gasteiger partial charge in [-0.05, 0) is 41.8 Å². The summed E-state index contributed by atoms with van der Waals surface area (Å²) in [7, 11) is 4.35. The fraction of sp³-hybridized carbons (Fsp3) is 0.276. The van der Waals surface area contributed by atoms with Gasteiger partial charge in [-0.25, -0.2) is 0 Å². The van der Waals surface area contributed by atoms with Gasteiger partial charge in [-0.3, -0.25) is 30.1 Å². The van der Waals surface area contributed by atoms with E-state index in [1.807, 2.05) is 74.5 Å². The van der Waals surface area contributed by atoms with Crippen LogP contribution in [0, 0.1) is 5.41 Å². The van der Waals surface area contributed by atoms with Crippen molar-refractivity contribution in [3.8, 4) is 17.2 Å². The third kappa shape index (κ3) is 7.03. The number of nitrogens with one attached hydrogen (secondary N) is 2. The van der Waals surface area contributed by atoms with Gasteiger partial charge in [0.05, 0.1) is 21.3 Å². The number of amides is 3. The van der Waals surface area contributed by atoms with Crippen molar-refractivity contribution in [3.63, 3.8) is 0 Å². The second kappa shape index (κ2) is 12.6. The molecular weight excluding hydrogens is 486 g/mol. The minimum Gasteiger partial charge on any atom is -0.493 e. The lowest BCUT2D eigenvalue weighted by Gasteiger charge is -2.29. The normalized spacial score (nSPS) is 10.8. The molecule has 3 amide bonds. The van der Waals surface area contributed by atoms with Crippen LogP contribution in [0.2, 0.25) is 0 Å². The molecule has 0 aliphatic heterocycles. The van der Waals surface area contributed by atoms with Gasteiger partial charge in [0, 0.05) is 29.8 Å². The number of hydrogen-bond acceptors (Lipinski definition) is 6. The molecular formula is C29H33N3O6. The van der Waals surface area contributed by atoms with E-state index in [1.165, 1.54) is 33.5 Å². The van der Waals surface area contributed by atoms with E-state index >= 15 is 0 Å². The number of rotatable bonds is 10. The summed E-state index contributed by atoms with van der Waals surface area (Å²) in [6.07, 6.45) is 0.108. The molecule has 9 heteroatoms. The Morgan fingerprint density at radius 2 is 1.24 bits per heavy atom. The summed E-state index contributed by atoms with van der Waals surface area (Å²) < 4.78 is 15.8. The van der Waals surface area contributed by atoms with Crippen LogP contribution in [0.4, 0.5) is 11.4 Å². The number of para-hydroxylation sites is 2. The van der Waals surface area contributed by atoms with Crippen molar-refractivity contribution < 1.29 is 28.6 Å². The number of hydrogen-bond donors (Lipinski definition) is 2. The van der Waals surface area contributed by atoms with E-state index in [1.54, 1.807) is 4.90 Å². The molecule has 0 unspecified atom stereocenters. The minimum absolute atomic E-state index is 0.00565. The van der Waals surface area contributed by atoms with Crippen molar-refractivity contribution in [1.82, 2.24) is 10.9 Å². The van der Waals surface area contributed by atoms with Crippen LogP contribution in [0.25, 0.3) is 0 Å². The molecule has 0 fully saturated rings. The van der Waals surface area contributed by atoms with E-state index in [4.69, 9.17) is 14.2 Å². The lowest BCUT2D eigenvalue weighted by Crippen LogP contribution is -2.43. The Kier molecular flexibility index (Phi) is 9.32. The summed E-state index contributed by atoms with van der Waals surface area (Å²) in [5.74, 6) is -0.183. The number of hydrazine groups is 1. The molecule has 0 bridgehead atoms. The number of methoxy groups -OCH3 is 3. The van der Waals surface area contributed by atoms with Crippen molar-refractivity contribution in [2.75, 3.05) is 26.2 Å². The van der Waals surface area contributed by atoms with E-state index in [2.05, 4.69) is 10.9 Å². The minimum atomic E-state index is -0.694. The lowest BCUT2D eigenvalue weighted by molar-refractivity contribution is -0.125. The molecule has 0 atom stereocenters. The van der Waals surface area contributed by atoms with Crippen LogP contribution in [-0.2, 0) is 9.59 Å². The highest BCUT2D eigenvalue weighted by molar-refractivity contribution is 6.01. The highest BCUT2D eigenvalue weighted by atomic mass is 16.5. The molecule has 2 N–H and O–H groups in total. The van der Waals surface area contributed by atoms with Crippen molar-refractivity contribution in [2.45, 2.75) is 26.7 Å². The van der Waals surface area contributed by atoms with E-state index in [9.17, 15) is 14.4 Å². The topological polar surface area (TPSA) is 106 Å². The van der Waals surface area contributed by atoms with Crippen molar-refractivity contribution in [1.29, 1.82) is 0 Å². The molecule has 0 aliphatic rings. The van der Waals surface area contributed by atoms with Gasteiger partial charge in [0.25, 0.3) is 5.91 Å². The summed E-state index contributed by atoms with van der Waals surface area (Å²) in [5, 5.41) is 0. The van der Waals surface area contributed by atoms with Gasteiger partial charge >= 0.3 is 0 Å². The average molecular weight is 520 g/mol. The Labute approximate surface area is 222 Å². The monoisotopic (exact) mass is 519 g/mol. The zero-order chi connectivity index (χ0) is 27.7. The average Bonchev–Trinajstić information content (AvgIpc) is 2.91. The number of anilines is 2. The summed E-state index contributed by atoms with van der Waals surface area (Å²) in [6.45, 7) is 3.67. The zero-order valence-corrected chi connectivity index (χ0v) is 22.2. The van der Waals surface area contributed by atoms with Crippen LogP contribution in [0.1, 0.15) is 37.0 Å². The van der Waals surface area contributed by atoms with Crippen LogP contribution in [0.3, 0.4) is 0 Å². The number of nitrogens with zero attached hydrogens (tertiary/aromatic N) is 1. The van der Waals surface area contributed by atoms with Gasteiger partial charge in [-0.2, -0.15) is 0 Å². The summed E-state index contributed by atoms with van der Waals surface area (Å²) in [6, 6.07) is 21.7. The molecule has 0 aliphatic carbocycles. The maximum atomic E-state index is 13.5. The molecule has 9 nitrogen and oxygen atoms in total. The SMILES string of the molecule is COc1cc(C(=O)NNC(=O)CC(C)(C)CC(=O)N(c2ccccc2)c2ccccc2)cc(OC)c1OC. The Morgan fingerprint density at radius 1 is 0.737 bits per heavy atom. The van der Waals surface area contributed by atoms with Crippen LogP contribution >= 0.6 is 0 Å². The Bertz CT molecular complexity index is 1200. The first-order chi connectivity index (χ1) is 18.2. The Morgan fingerprint density at radius 3 is 1.68 bits per heavy atom. The highest BCUT2D eigenvalue weighted by Crippen LogP contribution is 2.38. The van der Waals surface area contributed by atoms with Gasteiger partial charge in [0.15, 0.2) is 11.5 Å². The third-order valence-corrected chi connectivity index (χ3v) is 5.79. The maximum absolute atomic E-state index is 13.5. The first-order valence-corrected chi connectivity index (χ1v) is 12.0. The van der Waals surface area contributed by atoms with Gasteiger partial charge in [0.2, 0.25) is 17.6 Å². The summed E-state index contributed by atoms with van der Waals surface area (Å²) in [5.41, 5.74) is 5.82. The van der Waals surface area contributed by atoms with Crippen LogP contribution in [-0.4, -0.2) is 39.1 Å².